The monoisotopic (exact) mass is 210 g/mol. The van der Waals surface area contributed by atoms with E-state index in [1.54, 1.807) is 0 Å². The van der Waals surface area contributed by atoms with E-state index in [0.29, 0.717) is 16.1 Å². The number of carboxylic acids is 1. The van der Waals surface area contributed by atoms with E-state index in [1.165, 1.54) is 16.9 Å². The van der Waals surface area contributed by atoms with Crippen molar-refractivity contribution in [3.63, 3.8) is 0 Å². The number of nitrogens with one attached hydrogen (secondary N) is 1. The average Bonchev–Trinajstić information content (AvgIpc) is 2.50. The first-order chi connectivity index (χ1) is 6.66. The van der Waals surface area contributed by atoms with Gasteiger partial charge in [0.1, 0.15) is 11.0 Å². The third-order valence-corrected chi connectivity index (χ3v) is 1.95. The Hall–Kier alpha value is -1.76. The van der Waals surface area contributed by atoms with Crippen LogP contribution in [0.15, 0.2) is 12.4 Å². The van der Waals surface area contributed by atoms with Crippen molar-refractivity contribution in [3.8, 4) is 0 Å². The molecule has 0 atom stereocenters. The van der Waals surface area contributed by atoms with Gasteiger partial charge >= 0.3 is 5.97 Å². The second-order valence-electron chi connectivity index (χ2n) is 2.68. The predicted molar refractivity (Wildman–Crippen MR) is 49.5 cm³/mol. The van der Waals surface area contributed by atoms with Gasteiger partial charge < -0.3 is 5.11 Å². The van der Waals surface area contributed by atoms with E-state index in [4.69, 9.17) is 17.3 Å². The van der Waals surface area contributed by atoms with Crippen LogP contribution in [0.4, 0.5) is 0 Å². The molecule has 0 fully saturated rings. The third-order valence-electron chi connectivity index (χ3n) is 1.65. The summed E-state index contributed by atoms with van der Waals surface area (Å²) in [5.41, 5.74) is 0.412. The smallest absolute Gasteiger partial charge is 0.309 e. The van der Waals surface area contributed by atoms with Crippen molar-refractivity contribution in [1.29, 1.82) is 0 Å². The fourth-order valence-corrected chi connectivity index (χ4v) is 1.38. The van der Waals surface area contributed by atoms with Crippen LogP contribution in [0.3, 0.4) is 0 Å². The molecule has 0 aliphatic heterocycles. The summed E-state index contributed by atoms with van der Waals surface area (Å²) in [6.07, 6.45) is 1.30. The minimum absolute atomic E-state index is 0.146. The molecule has 14 heavy (non-hydrogen) atoms. The van der Waals surface area contributed by atoms with Crippen LogP contribution >= 0.6 is 12.2 Å². The lowest BCUT2D eigenvalue weighted by molar-refractivity contribution is -0.136. The Labute approximate surface area is 83.2 Å². The van der Waals surface area contributed by atoms with Gasteiger partial charge in [-0.1, -0.05) is 12.2 Å². The number of aromatic nitrogens is 4. The highest BCUT2D eigenvalue weighted by atomic mass is 32.1. The molecule has 0 saturated heterocycles. The minimum atomic E-state index is -0.938. The van der Waals surface area contributed by atoms with Gasteiger partial charge in [0.05, 0.1) is 12.1 Å². The molecule has 0 aromatic carbocycles. The number of hydrogen-bond acceptors (Lipinski definition) is 4. The molecule has 0 bridgehead atoms. The third kappa shape index (κ3) is 1.49. The van der Waals surface area contributed by atoms with Crippen LogP contribution in [-0.2, 0) is 11.2 Å². The number of carbonyl (C=O) groups is 1. The molecular weight excluding hydrogens is 204 g/mol. The molecule has 6 nitrogen and oxygen atoms in total. The molecule has 0 spiro atoms. The molecule has 2 aromatic heterocycles. The van der Waals surface area contributed by atoms with Crippen molar-refractivity contribution in [2.75, 3.05) is 0 Å². The summed E-state index contributed by atoms with van der Waals surface area (Å²) in [6.45, 7) is 0. The van der Waals surface area contributed by atoms with Crippen molar-refractivity contribution >= 4 is 24.0 Å². The van der Waals surface area contributed by atoms with Crippen molar-refractivity contribution in [3.05, 3.63) is 22.7 Å². The summed E-state index contributed by atoms with van der Waals surface area (Å²) in [7, 11) is 0. The molecule has 2 aromatic rings. The summed E-state index contributed by atoms with van der Waals surface area (Å²) in [5.74, 6) is -0.555. The maximum atomic E-state index is 10.4. The van der Waals surface area contributed by atoms with Gasteiger partial charge in [0.25, 0.3) is 5.78 Å². The van der Waals surface area contributed by atoms with Gasteiger partial charge in [0.2, 0.25) is 0 Å². The fourth-order valence-electron chi connectivity index (χ4n) is 1.11. The lowest BCUT2D eigenvalue weighted by Gasteiger charge is -1.96. The zero-order valence-electron chi connectivity index (χ0n) is 6.97. The maximum absolute atomic E-state index is 10.4. The summed E-state index contributed by atoms with van der Waals surface area (Å²) >= 11 is 5.01. The fraction of sp³-hybridized carbons (Fsp3) is 0.143. The van der Waals surface area contributed by atoms with Gasteiger partial charge in [-0.2, -0.15) is 0 Å². The summed E-state index contributed by atoms with van der Waals surface area (Å²) in [4.78, 5) is 18.3. The average molecular weight is 210 g/mol. The van der Waals surface area contributed by atoms with Gasteiger partial charge in [-0.3, -0.25) is 9.89 Å². The molecule has 0 saturated carbocycles. The van der Waals surface area contributed by atoms with Crippen molar-refractivity contribution in [1.82, 2.24) is 19.6 Å². The Morgan fingerprint density at radius 2 is 2.50 bits per heavy atom. The molecule has 72 valence electrons. The number of hydrogen-bond donors (Lipinski definition) is 2. The molecule has 0 amide bonds. The van der Waals surface area contributed by atoms with E-state index in [1.807, 2.05) is 0 Å². The van der Waals surface area contributed by atoms with Crippen LogP contribution in [0.5, 0.6) is 0 Å². The Kier molecular flexibility index (Phi) is 2.01. The maximum Gasteiger partial charge on any atom is 0.309 e. The predicted octanol–water partition coefficient (Wildman–Crippen LogP) is 0.414. The molecule has 0 unspecified atom stereocenters. The molecule has 0 aliphatic rings. The number of carboxylic acid groups (broad SMARTS) is 1. The molecule has 2 N–H and O–H groups in total. The Morgan fingerprint density at radius 3 is 3.21 bits per heavy atom. The largest absolute Gasteiger partial charge is 0.481 e. The molecular formula is C7H6N4O2S. The SMILES string of the molecule is O=C(O)Cc1cc(=S)n2[nH]cnc2n1. The minimum Gasteiger partial charge on any atom is -0.481 e. The summed E-state index contributed by atoms with van der Waals surface area (Å²) < 4.78 is 1.96. The van der Waals surface area contributed by atoms with E-state index < -0.39 is 5.97 Å². The van der Waals surface area contributed by atoms with Crippen molar-refractivity contribution in [2.24, 2.45) is 0 Å². The van der Waals surface area contributed by atoms with Gasteiger partial charge in [0.15, 0.2) is 0 Å². The highest BCUT2D eigenvalue weighted by molar-refractivity contribution is 7.71. The second kappa shape index (κ2) is 3.18. The molecule has 0 aliphatic carbocycles. The molecule has 0 radical (unpaired) electrons. The zero-order chi connectivity index (χ0) is 10.1. The Bertz CT molecular complexity index is 544. The van der Waals surface area contributed by atoms with E-state index in [9.17, 15) is 4.79 Å². The van der Waals surface area contributed by atoms with Crippen molar-refractivity contribution < 1.29 is 9.90 Å². The number of nitrogens with zero attached hydrogens (tertiary/aromatic N) is 3. The Morgan fingerprint density at radius 1 is 1.71 bits per heavy atom. The summed E-state index contributed by atoms with van der Waals surface area (Å²) in [5, 5.41) is 11.3. The second-order valence-corrected chi connectivity index (χ2v) is 3.10. The van der Waals surface area contributed by atoms with Crippen molar-refractivity contribution in [2.45, 2.75) is 6.42 Å². The number of aromatic amines is 1. The van der Waals surface area contributed by atoms with Gasteiger partial charge in [-0.05, 0) is 6.07 Å². The number of H-pyrrole nitrogens is 1. The van der Waals surface area contributed by atoms with Crippen LogP contribution in [0, 0.1) is 4.64 Å². The van der Waals surface area contributed by atoms with Crippen LogP contribution in [0.25, 0.3) is 5.78 Å². The van der Waals surface area contributed by atoms with Gasteiger partial charge in [0, 0.05) is 0 Å². The molecule has 2 rings (SSSR count). The quantitative estimate of drug-likeness (QED) is 0.701. The van der Waals surface area contributed by atoms with E-state index in [2.05, 4.69) is 15.1 Å². The standard InChI is InChI=1S/C7H6N4O2S/c12-6(13)2-4-1-5(14)11-7(10-4)8-3-9-11/h1,3H,2H2,(H,12,13)(H,8,9,10). The number of fused-ring (bicyclic) bond motifs is 1. The van der Waals surface area contributed by atoms with Crippen LogP contribution in [0.2, 0.25) is 0 Å². The van der Waals surface area contributed by atoms with Crippen LogP contribution in [0.1, 0.15) is 5.69 Å². The highest BCUT2D eigenvalue weighted by Crippen LogP contribution is 2.01. The summed E-state index contributed by atoms with van der Waals surface area (Å²) in [6, 6.07) is 1.54. The first-order valence-corrected chi connectivity index (χ1v) is 4.21. The first-order valence-electron chi connectivity index (χ1n) is 3.80. The van der Waals surface area contributed by atoms with E-state index in [0.717, 1.165) is 0 Å². The number of rotatable bonds is 2. The van der Waals surface area contributed by atoms with Crippen LogP contribution in [-0.4, -0.2) is 30.7 Å². The zero-order valence-corrected chi connectivity index (χ0v) is 7.78. The topological polar surface area (TPSA) is 83.3 Å². The normalized spacial score (nSPS) is 10.6. The highest BCUT2D eigenvalue weighted by Gasteiger charge is 2.05. The Balaban J connectivity index is 2.58. The first kappa shape index (κ1) is 8.82. The van der Waals surface area contributed by atoms with Crippen LogP contribution < -0.4 is 0 Å². The lowest BCUT2D eigenvalue weighted by atomic mass is 10.3. The van der Waals surface area contributed by atoms with Gasteiger partial charge in [-0.15, -0.1) is 0 Å². The van der Waals surface area contributed by atoms with Gasteiger partial charge in [-0.25, -0.2) is 14.5 Å². The number of aliphatic carboxylic acids is 1. The molecule has 2 heterocycles. The molecule has 7 heteroatoms. The van der Waals surface area contributed by atoms with E-state index in [-0.39, 0.29) is 6.42 Å². The van der Waals surface area contributed by atoms with E-state index >= 15 is 0 Å². The lowest BCUT2D eigenvalue weighted by Crippen LogP contribution is -2.04.